The van der Waals surface area contributed by atoms with E-state index in [9.17, 15) is 10.2 Å². The van der Waals surface area contributed by atoms with Crippen LogP contribution in [-0.2, 0) is 0 Å². The number of ether oxygens (including phenoxy) is 1. The van der Waals surface area contributed by atoms with Gasteiger partial charge in [-0.1, -0.05) is 13.8 Å². The van der Waals surface area contributed by atoms with Crippen LogP contribution in [0.15, 0.2) is 18.2 Å². The summed E-state index contributed by atoms with van der Waals surface area (Å²) < 4.78 is 5.98. The third kappa shape index (κ3) is 5.74. The highest BCUT2D eigenvalue weighted by Gasteiger charge is 2.37. The maximum Gasteiger partial charge on any atom is 0.120 e. The van der Waals surface area contributed by atoms with Crippen LogP contribution in [0.4, 0.5) is 0 Å². The third-order valence-corrected chi connectivity index (χ3v) is 4.38. The van der Waals surface area contributed by atoms with Crippen molar-refractivity contribution in [2.45, 2.75) is 46.3 Å². The number of hydrogen-bond donors (Lipinski definition) is 3. The summed E-state index contributed by atoms with van der Waals surface area (Å²) in [5, 5.41) is 23.8. The number of aromatic hydroxyl groups is 1. The minimum absolute atomic E-state index is 0. The van der Waals surface area contributed by atoms with Crippen molar-refractivity contribution in [3.8, 4) is 11.5 Å². The summed E-state index contributed by atoms with van der Waals surface area (Å²) in [5.74, 6) is 0.991. The lowest BCUT2D eigenvalue weighted by Gasteiger charge is -2.43. The van der Waals surface area contributed by atoms with E-state index in [1.165, 1.54) is 0 Å². The van der Waals surface area contributed by atoms with Crippen molar-refractivity contribution in [2.75, 3.05) is 32.8 Å². The van der Waals surface area contributed by atoms with Gasteiger partial charge in [0.05, 0.1) is 0 Å². The fourth-order valence-electron chi connectivity index (χ4n) is 3.31. The van der Waals surface area contributed by atoms with E-state index in [1.807, 2.05) is 40.7 Å². The highest BCUT2D eigenvalue weighted by molar-refractivity contribution is 5.85. The van der Waals surface area contributed by atoms with Crippen LogP contribution >= 0.6 is 12.4 Å². The normalized spacial score (nSPS) is 17.7. The smallest absolute Gasteiger partial charge is 0.120 e. The molecule has 144 valence electrons. The molecule has 0 aliphatic carbocycles. The molecule has 1 atom stereocenters. The molecule has 1 heterocycles. The molecular weight excluding hydrogens is 340 g/mol. The molecule has 1 saturated heterocycles. The average Bonchev–Trinajstić information content (AvgIpc) is 2.50. The zero-order chi connectivity index (χ0) is 18.0. The molecule has 0 saturated carbocycles. The lowest BCUT2D eigenvalue weighted by atomic mass is 9.79. The third-order valence-electron chi connectivity index (χ3n) is 4.38. The molecular formula is C19H33ClN2O3. The van der Waals surface area contributed by atoms with E-state index in [1.54, 1.807) is 12.1 Å². The summed E-state index contributed by atoms with van der Waals surface area (Å²) in [6, 6.07) is 5.34. The Kier molecular flexibility index (Phi) is 7.56. The molecule has 1 aromatic rings. The summed E-state index contributed by atoms with van der Waals surface area (Å²) in [5.41, 5.74) is 0.137. The molecule has 1 aliphatic heterocycles. The number of nitrogens with one attached hydrogen (secondary N) is 1. The van der Waals surface area contributed by atoms with Gasteiger partial charge >= 0.3 is 0 Å². The van der Waals surface area contributed by atoms with E-state index in [4.69, 9.17) is 4.74 Å². The van der Waals surface area contributed by atoms with Crippen LogP contribution < -0.4 is 10.1 Å². The average molecular weight is 373 g/mol. The van der Waals surface area contributed by atoms with Gasteiger partial charge in [-0.05, 0) is 39.0 Å². The van der Waals surface area contributed by atoms with Gasteiger partial charge in [0.1, 0.15) is 17.1 Å². The van der Waals surface area contributed by atoms with Gasteiger partial charge in [-0.3, -0.25) is 4.90 Å². The van der Waals surface area contributed by atoms with E-state index < -0.39 is 0 Å². The van der Waals surface area contributed by atoms with Crippen LogP contribution in [0.25, 0.3) is 0 Å². The number of hydrogen-bond acceptors (Lipinski definition) is 5. The van der Waals surface area contributed by atoms with Crippen molar-refractivity contribution in [1.82, 2.24) is 10.2 Å². The molecule has 0 amide bonds. The lowest BCUT2D eigenvalue weighted by molar-refractivity contribution is 0.0289. The summed E-state index contributed by atoms with van der Waals surface area (Å²) in [4.78, 5) is 2.34. The van der Waals surface area contributed by atoms with Crippen molar-refractivity contribution in [2.24, 2.45) is 5.41 Å². The summed E-state index contributed by atoms with van der Waals surface area (Å²) in [7, 11) is 0. The predicted octanol–water partition coefficient (Wildman–Crippen LogP) is 2.96. The number of halogens is 1. The molecule has 0 bridgehead atoms. The number of benzene rings is 1. The first-order chi connectivity index (χ1) is 11.1. The Balaban J connectivity index is 0.00000312. The fraction of sp³-hybridized carbons (Fsp3) is 0.684. The highest BCUT2D eigenvalue weighted by atomic mass is 35.5. The molecule has 25 heavy (non-hydrogen) atoms. The first-order valence-electron chi connectivity index (χ1n) is 8.71. The van der Waals surface area contributed by atoms with Crippen LogP contribution in [0.1, 0.15) is 46.2 Å². The molecule has 6 heteroatoms. The van der Waals surface area contributed by atoms with Crippen LogP contribution in [-0.4, -0.2) is 53.5 Å². The molecule has 2 rings (SSSR count). The maximum atomic E-state index is 10.5. The topological polar surface area (TPSA) is 65.0 Å². The van der Waals surface area contributed by atoms with Crippen molar-refractivity contribution in [3.05, 3.63) is 23.8 Å². The highest BCUT2D eigenvalue weighted by Crippen LogP contribution is 2.43. The number of nitrogens with zero attached hydrogens (tertiary/aromatic N) is 1. The summed E-state index contributed by atoms with van der Waals surface area (Å²) >= 11 is 0. The number of aliphatic hydroxyl groups is 1. The Morgan fingerprint density at radius 2 is 1.76 bits per heavy atom. The zero-order valence-electron chi connectivity index (χ0n) is 16.0. The lowest BCUT2D eigenvalue weighted by Crippen LogP contribution is -2.49. The minimum Gasteiger partial charge on any atom is -0.508 e. The van der Waals surface area contributed by atoms with Gasteiger partial charge in [0.2, 0.25) is 0 Å². The number of phenols is 1. The SMILES string of the molecule is CC(C)(C)Oc1ccc(O)c([C@H](N2CCNCC2)C(C)(C)CO)c1.Cl. The van der Waals surface area contributed by atoms with Gasteiger partial charge < -0.3 is 20.3 Å². The van der Waals surface area contributed by atoms with E-state index in [0.29, 0.717) is 0 Å². The molecule has 1 aliphatic rings. The van der Waals surface area contributed by atoms with Gasteiger partial charge in [0.15, 0.2) is 0 Å². The largest absolute Gasteiger partial charge is 0.508 e. The van der Waals surface area contributed by atoms with Crippen molar-refractivity contribution in [3.63, 3.8) is 0 Å². The zero-order valence-corrected chi connectivity index (χ0v) is 16.8. The Labute approximate surface area is 157 Å². The second-order valence-electron chi connectivity index (χ2n) is 8.27. The van der Waals surface area contributed by atoms with Gasteiger partial charge in [0.25, 0.3) is 0 Å². The molecule has 0 unspecified atom stereocenters. The fourth-order valence-corrected chi connectivity index (χ4v) is 3.31. The van der Waals surface area contributed by atoms with E-state index in [2.05, 4.69) is 10.2 Å². The van der Waals surface area contributed by atoms with E-state index >= 15 is 0 Å². The van der Waals surface area contributed by atoms with Crippen molar-refractivity contribution in [1.29, 1.82) is 0 Å². The quantitative estimate of drug-likeness (QED) is 0.741. The monoisotopic (exact) mass is 372 g/mol. The molecule has 1 fully saturated rings. The van der Waals surface area contributed by atoms with Crippen LogP contribution in [0, 0.1) is 5.41 Å². The Morgan fingerprint density at radius 1 is 1.16 bits per heavy atom. The summed E-state index contributed by atoms with van der Waals surface area (Å²) in [6.45, 7) is 13.7. The maximum absolute atomic E-state index is 10.5. The van der Waals surface area contributed by atoms with E-state index in [0.717, 1.165) is 37.5 Å². The van der Waals surface area contributed by atoms with Gasteiger partial charge in [-0.2, -0.15) is 0 Å². The Morgan fingerprint density at radius 3 is 2.28 bits per heavy atom. The van der Waals surface area contributed by atoms with E-state index in [-0.39, 0.29) is 41.8 Å². The van der Waals surface area contributed by atoms with Gasteiger partial charge in [-0.25, -0.2) is 0 Å². The first kappa shape index (κ1) is 22.0. The van der Waals surface area contributed by atoms with Crippen LogP contribution in [0.3, 0.4) is 0 Å². The first-order valence-corrected chi connectivity index (χ1v) is 8.71. The molecule has 0 radical (unpaired) electrons. The van der Waals surface area contributed by atoms with Crippen LogP contribution in [0.5, 0.6) is 11.5 Å². The van der Waals surface area contributed by atoms with Crippen molar-refractivity contribution >= 4 is 12.4 Å². The number of piperazine rings is 1. The van der Waals surface area contributed by atoms with Crippen molar-refractivity contribution < 1.29 is 14.9 Å². The second kappa shape index (κ2) is 8.58. The second-order valence-corrected chi connectivity index (χ2v) is 8.27. The molecule has 3 N–H and O–H groups in total. The Hall–Kier alpha value is -1.01. The number of rotatable bonds is 5. The van der Waals surface area contributed by atoms with Crippen LogP contribution in [0.2, 0.25) is 0 Å². The standard InChI is InChI=1S/C19H32N2O3.ClH/c1-18(2,3)24-14-6-7-16(23)15(12-14)17(19(4,5)13-22)21-10-8-20-9-11-21;/h6-7,12,17,20,22-23H,8-11,13H2,1-5H3;1H/t17-;/m0./s1. The predicted molar refractivity (Wildman–Crippen MR) is 104 cm³/mol. The molecule has 5 nitrogen and oxygen atoms in total. The Bertz CT molecular complexity index is 552. The molecule has 0 aromatic heterocycles. The summed E-state index contributed by atoms with van der Waals surface area (Å²) in [6.07, 6.45) is 0. The van der Waals surface area contributed by atoms with Gasteiger partial charge in [0, 0.05) is 49.8 Å². The molecule has 0 spiro atoms. The molecule has 1 aromatic carbocycles. The number of phenolic OH excluding ortho intramolecular Hbond substituents is 1. The number of aliphatic hydroxyl groups excluding tert-OH is 1. The van der Waals surface area contributed by atoms with Gasteiger partial charge in [-0.15, -0.1) is 12.4 Å². The minimum atomic E-state index is -0.380.